The Balaban J connectivity index is 0.000000154. The van der Waals surface area contributed by atoms with Gasteiger partial charge in [0.15, 0.2) is 6.71 Å². The second kappa shape index (κ2) is 22.6. The molecule has 3 aliphatic heterocycles. The SMILES string of the molecule is CC1(C)CB(c2ccc3cc(O)ccc3c2)CC1(C)C.CC1(C)OB(B2OC(C)(C)C(C)(C)O2)OC1(C)C.Oc1ccc2cc(Br)ccc2c1.[2H]c1c([2H])c([2H])c(-c2ccc3cc(O)ccc3c2)c([2H])c1[2H].[2H]c1c([2H])c([2H])c(Br)c([2H])c1[2H]. The molecule has 74 heavy (non-hydrogen) atoms. The van der Waals surface area contributed by atoms with Gasteiger partial charge in [0.2, 0.25) is 0 Å². The average molecular weight is 1130 g/mol. The maximum absolute atomic E-state index is 9.55. The van der Waals surface area contributed by atoms with Crippen molar-refractivity contribution in [1.82, 2.24) is 0 Å². The molecule has 7 nitrogen and oxygen atoms in total. The standard InChI is InChI=1S/C18H23BO.C16H12O.C12H24B2O4.C10H7BrO.C6H5Br/c1-17(2)11-19(12-18(17,3)4)15-7-5-14-10-16(20)8-6-13(14)9-15;17-16-9-8-14-10-13(6-7-15(14)11-16)12-4-2-1-3-5-12;1-9(2)10(3,4)16-13(15-9)14-17-11(5,6)12(7,8)18-14;11-9-3-1-8-6-10(12)4-2-7(8)5-9;7-6-4-2-1-3-5-6/h5-10,20H,11-12H2,1-4H3;1-11,17H;1-8H3;1-6,12H;1-5H/i;1D,2D,3D,4D,5D;;;1D,2D,3D,4D,5D. The Labute approximate surface area is 471 Å². The molecule has 0 unspecified atom stereocenters. The van der Waals surface area contributed by atoms with Crippen LogP contribution in [0, 0.1) is 10.8 Å². The summed E-state index contributed by atoms with van der Waals surface area (Å²) < 4.78 is 100. The molecule has 11 rings (SSSR count). The van der Waals surface area contributed by atoms with Gasteiger partial charge in [-0.05, 0) is 176 Å². The first-order valence-corrected chi connectivity index (χ1v) is 26.2. The molecule has 0 amide bonds. The van der Waals surface area contributed by atoms with Crippen molar-refractivity contribution in [2.45, 2.75) is 118 Å². The highest BCUT2D eigenvalue weighted by Crippen LogP contribution is 2.52. The largest absolute Gasteiger partial charge is 0.508 e. The predicted octanol–water partition coefficient (Wildman–Crippen LogP) is 16.5. The summed E-state index contributed by atoms with van der Waals surface area (Å²) in [6.45, 7) is 26.4. The predicted molar refractivity (Wildman–Crippen MR) is 319 cm³/mol. The Morgan fingerprint density at radius 1 is 0.392 bits per heavy atom. The zero-order valence-electron chi connectivity index (χ0n) is 54.3. The van der Waals surface area contributed by atoms with Crippen LogP contribution in [0.2, 0.25) is 12.6 Å². The number of benzene rings is 8. The van der Waals surface area contributed by atoms with Crippen molar-refractivity contribution in [3.8, 4) is 28.4 Å². The van der Waals surface area contributed by atoms with E-state index in [1.54, 1.807) is 54.6 Å². The summed E-state index contributed by atoms with van der Waals surface area (Å²) in [7, 11) is -0.952. The van der Waals surface area contributed by atoms with Crippen LogP contribution in [0.5, 0.6) is 17.2 Å². The molecular weight excluding hydrogens is 1050 g/mol. The van der Waals surface area contributed by atoms with Crippen molar-refractivity contribution in [3.05, 3.63) is 179 Å². The Morgan fingerprint density at radius 2 is 0.743 bits per heavy atom. The number of fused-ring (bicyclic) bond motifs is 3. The van der Waals surface area contributed by atoms with Gasteiger partial charge in [-0.2, -0.15) is 0 Å². The monoisotopic (exact) mass is 1130 g/mol. The Bertz CT molecular complexity index is 3540. The molecule has 0 aliphatic carbocycles. The molecule has 12 heteroatoms. The average Bonchev–Trinajstić information content (AvgIpc) is 3.60. The summed E-state index contributed by atoms with van der Waals surface area (Å²) >= 11 is 6.30. The number of aromatic hydroxyl groups is 3. The van der Waals surface area contributed by atoms with Crippen LogP contribution in [0.4, 0.5) is 0 Å². The fourth-order valence-corrected chi connectivity index (χ4v) is 9.40. The Morgan fingerprint density at radius 3 is 1.19 bits per heavy atom. The minimum Gasteiger partial charge on any atom is -0.508 e. The van der Waals surface area contributed by atoms with Crippen molar-refractivity contribution in [1.29, 1.82) is 0 Å². The van der Waals surface area contributed by atoms with Crippen LogP contribution >= 0.6 is 31.9 Å². The molecule has 0 radical (unpaired) electrons. The molecule has 3 N–H and O–H groups in total. The van der Waals surface area contributed by atoms with Crippen molar-refractivity contribution < 1.29 is 47.6 Å². The Kier molecular flexibility index (Phi) is 13.5. The third-order valence-corrected chi connectivity index (χ3v) is 16.2. The van der Waals surface area contributed by atoms with Crippen molar-refractivity contribution in [2.24, 2.45) is 10.8 Å². The molecular formula is C62H71B3Br2O7. The lowest BCUT2D eigenvalue weighted by atomic mass is 9.42. The van der Waals surface area contributed by atoms with Gasteiger partial charge in [0.1, 0.15) is 17.2 Å². The lowest BCUT2D eigenvalue weighted by Gasteiger charge is -2.35. The van der Waals surface area contributed by atoms with Crippen LogP contribution in [0.15, 0.2) is 179 Å². The van der Waals surface area contributed by atoms with E-state index in [9.17, 15) is 15.3 Å². The fraction of sp³-hybridized carbons (Fsp3) is 0.323. The third kappa shape index (κ3) is 13.7. The topological polar surface area (TPSA) is 97.6 Å². The molecule has 0 aromatic heterocycles. The molecule has 3 aliphatic rings. The minimum atomic E-state index is -0.476. The molecule has 8 aromatic carbocycles. The highest BCUT2D eigenvalue weighted by atomic mass is 79.9. The third-order valence-electron chi connectivity index (χ3n) is 15.3. The first kappa shape index (κ1) is 44.1. The molecule has 3 fully saturated rings. The van der Waals surface area contributed by atoms with Gasteiger partial charge in [-0.3, -0.25) is 0 Å². The number of halogens is 2. The molecule has 0 saturated carbocycles. The van der Waals surface area contributed by atoms with E-state index in [2.05, 4.69) is 77.8 Å². The molecule has 8 aromatic rings. The van der Waals surface area contributed by atoms with E-state index in [4.69, 9.17) is 32.3 Å². The van der Waals surface area contributed by atoms with Gasteiger partial charge >= 0.3 is 14.0 Å². The summed E-state index contributed by atoms with van der Waals surface area (Å²) in [6, 6.07) is 30.7. The smallest absolute Gasteiger partial charge is 0.488 e. The zero-order valence-corrected chi connectivity index (χ0v) is 47.4. The summed E-state index contributed by atoms with van der Waals surface area (Å²) in [5.41, 5.74) is 1.52. The van der Waals surface area contributed by atoms with E-state index in [1.807, 2.05) is 91.8 Å². The fourth-order valence-electron chi connectivity index (χ4n) is 8.82. The second-order valence-electron chi connectivity index (χ2n) is 22.3. The van der Waals surface area contributed by atoms with E-state index in [-0.39, 0.29) is 92.6 Å². The van der Waals surface area contributed by atoms with Crippen LogP contribution in [0.3, 0.4) is 0 Å². The first-order chi connectivity index (χ1) is 38.8. The van der Waals surface area contributed by atoms with E-state index in [0.717, 1.165) is 31.4 Å². The van der Waals surface area contributed by atoms with E-state index in [0.29, 0.717) is 34.6 Å². The highest BCUT2D eigenvalue weighted by molar-refractivity contribution is 9.10. The maximum Gasteiger partial charge on any atom is 0.488 e. The lowest BCUT2D eigenvalue weighted by Crippen LogP contribution is -2.41. The van der Waals surface area contributed by atoms with Gasteiger partial charge < -0.3 is 33.9 Å². The second-order valence-corrected chi connectivity index (χ2v) is 24.0. The summed E-state index contributed by atoms with van der Waals surface area (Å²) in [4.78, 5) is 0. The molecule has 384 valence electrons. The normalized spacial score (nSPS) is 20.2. The number of hydrogen-bond acceptors (Lipinski definition) is 7. The molecule has 0 bridgehead atoms. The molecule has 3 heterocycles. The lowest BCUT2D eigenvalue weighted by molar-refractivity contribution is 0.00578. The number of rotatable bonds is 3. The van der Waals surface area contributed by atoms with Crippen molar-refractivity contribution in [3.63, 3.8) is 0 Å². The van der Waals surface area contributed by atoms with Gasteiger partial charge in [0.05, 0.1) is 36.1 Å². The first-order valence-electron chi connectivity index (χ1n) is 29.6. The van der Waals surface area contributed by atoms with Gasteiger partial charge in [0.25, 0.3) is 0 Å². The van der Waals surface area contributed by atoms with Crippen molar-refractivity contribution >= 4 is 90.4 Å². The van der Waals surface area contributed by atoms with Crippen LogP contribution < -0.4 is 5.46 Å². The van der Waals surface area contributed by atoms with Gasteiger partial charge in [-0.25, -0.2) is 0 Å². The number of hydrogen-bond donors (Lipinski definition) is 3. The molecule has 0 spiro atoms. The van der Waals surface area contributed by atoms with E-state index >= 15 is 0 Å². The minimum absolute atomic E-state index is 0.105. The van der Waals surface area contributed by atoms with E-state index < -0.39 is 20.1 Å². The quantitative estimate of drug-likeness (QED) is 0.152. The Hall–Kier alpha value is -5.07. The van der Waals surface area contributed by atoms with Crippen LogP contribution in [-0.4, -0.2) is 58.5 Å². The van der Waals surface area contributed by atoms with Crippen LogP contribution in [0.1, 0.15) is 96.8 Å². The number of phenolic OH excluding ortho intramolecular Hbond substituents is 3. The zero-order chi connectivity index (χ0) is 62.6. The highest BCUT2D eigenvalue weighted by Gasteiger charge is 2.63. The van der Waals surface area contributed by atoms with Crippen LogP contribution in [-0.2, 0) is 18.6 Å². The number of phenols is 3. The maximum atomic E-state index is 9.55. The summed E-state index contributed by atoms with van der Waals surface area (Å²) in [5, 5.41) is 34.4. The van der Waals surface area contributed by atoms with Crippen molar-refractivity contribution in [2.75, 3.05) is 0 Å². The summed E-state index contributed by atoms with van der Waals surface area (Å²) in [5.74, 6) is 0.807. The van der Waals surface area contributed by atoms with Gasteiger partial charge in [-0.1, -0.05) is 181 Å². The van der Waals surface area contributed by atoms with Crippen LogP contribution in [0.25, 0.3) is 43.4 Å². The summed E-state index contributed by atoms with van der Waals surface area (Å²) in [6.07, 6.45) is 2.51. The molecule has 0 atom stereocenters. The van der Waals surface area contributed by atoms with Gasteiger partial charge in [0, 0.05) is 8.95 Å². The molecule has 3 saturated heterocycles. The van der Waals surface area contributed by atoms with E-state index in [1.165, 1.54) is 23.5 Å². The van der Waals surface area contributed by atoms with Gasteiger partial charge in [-0.15, -0.1) is 0 Å².